The largest absolute Gasteiger partial charge is 0.302 e. The van der Waals surface area contributed by atoms with E-state index >= 15 is 0 Å². The maximum absolute atomic E-state index is 10.4. The summed E-state index contributed by atoms with van der Waals surface area (Å²) in [7, 11) is 0. The van der Waals surface area contributed by atoms with E-state index in [0.29, 0.717) is 11.8 Å². The molecule has 0 heterocycles. The van der Waals surface area contributed by atoms with E-state index in [2.05, 4.69) is 0 Å². The molecule has 0 aliphatic carbocycles. The molecule has 1 aromatic rings. The normalized spacial score (nSPS) is 11.4. The fourth-order valence-corrected chi connectivity index (χ4v) is 0.987. The zero-order valence-electron chi connectivity index (χ0n) is 7.08. The predicted octanol–water partition coefficient (Wildman–Crippen LogP) is 1.40. The van der Waals surface area contributed by atoms with Crippen LogP contribution in [0.15, 0.2) is 24.3 Å². The topological polar surface area (TPSA) is 84.0 Å². The summed E-state index contributed by atoms with van der Waals surface area (Å²) in [5.41, 5.74) is 0.407. The number of hydrogen-bond donors (Lipinski definition) is 0. The Morgan fingerprint density at radius 1 is 1.43 bits per heavy atom. The van der Waals surface area contributed by atoms with Crippen LogP contribution in [0.1, 0.15) is 11.5 Å². The predicted molar refractivity (Wildman–Crippen MR) is 47.5 cm³/mol. The van der Waals surface area contributed by atoms with Crippen LogP contribution < -0.4 is 0 Å². The molecule has 0 saturated heterocycles. The number of carbonyl (C=O) groups excluding carboxylic acids is 1. The molecule has 1 atom stereocenters. The number of aldehydes is 1. The van der Waals surface area contributed by atoms with Crippen molar-refractivity contribution in [2.45, 2.75) is 5.92 Å². The zero-order chi connectivity index (χ0) is 10.6. The molecule has 70 valence electrons. The Bertz CT molecular complexity index is 392. The van der Waals surface area contributed by atoms with Gasteiger partial charge in [-0.25, -0.2) is 0 Å². The van der Waals surface area contributed by atoms with E-state index in [0.717, 1.165) is 0 Å². The van der Waals surface area contributed by atoms with Gasteiger partial charge in [0.2, 0.25) is 0 Å². The van der Waals surface area contributed by atoms with E-state index in [-0.39, 0.29) is 5.69 Å². The Morgan fingerprint density at radius 2 is 2.00 bits per heavy atom. The average Bonchev–Trinajstić information content (AvgIpc) is 2.20. The summed E-state index contributed by atoms with van der Waals surface area (Å²) in [5, 5.41) is 18.8. The monoisotopic (exact) mass is 190 g/mol. The summed E-state index contributed by atoms with van der Waals surface area (Å²) in [6.07, 6.45) is 0.501. The molecule has 14 heavy (non-hydrogen) atoms. The maximum atomic E-state index is 10.4. The second-order valence-corrected chi connectivity index (χ2v) is 2.59. The first kappa shape index (κ1) is 9.86. The van der Waals surface area contributed by atoms with Crippen LogP contribution in [0.2, 0.25) is 0 Å². The molecule has 0 bridgehead atoms. The molecule has 5 nitrogen and oxygen atoms in total. The van der Waals surface area contributed by atoms with Gasteiger partial charge in [-0.2, -0.15) is 5.26 Å². The minimum atomic E-state index is -0.851. The van der Waals surface area contributed by atoms with Gasteiger partial charge in [-0.1, -0.05) is 12.1 Å². The SMILES string of the molecule is N#CC(C=O)c1ccc([N+](=O)[O-])cc1. The molecule has 0 fully saturated rings. The highest BCUT2D eigenvalue weighted by Gasteiger charge is 2.10. The van der Waals surface area contributed by atoms with Gasteiger partial charge >= 0.3 is 0 Å². The average molecular weight is 190 g/mol. The highest BCUT2D eigenvalue weighted by Crippen LogP contribution is 2.17. The van der Waals surface area contributed by atoms with Gasteiger partial charge < -0.3 is 4.79 Å². The van der Waals surface area contributed by atoms with Gasteiger partial charge in [-0.3, -0.25) is 10.1 Å². The number of nitro benzene ring substituents is 1. The smallest absolute Gasteiger partial charge is 0.269 e. The maximum Gasteiger partial charge on any atom is 0.269 e. The Labute approximate surface area is 79.7 Å². The van der Waals surface area contributed by atoms with E-state index in [4.69, 9.17) is 5.26 Å². The van der Waals surface area contributed by atoms with E-state index in [1.807, 2.05) is 0 Å². The number of nitriles is 1. The fourth-order valence-electron chi connectivity index (χ4n) is 0.987. The minimum absolute atomic E-state index is 0.0589. The molecular weight excluding hydrogens is 184 g/mol. The number of rotatable bonds is 3. The van der Waals surface area contributed by atoms with Gasteiger partial charge in [0.15, 0.2) is 0 Å². The highest BCUT2D eigenvalue weighted by molar-refractivity contribution is 5.66. The van der Waals surface area contributed by atoms with Crippen LogP contribution in [0, 0.1) is 21.4 Å². The number of nitro groups is 1. The molecular formula is C9H6N2O3. The lowest BCUT2D eigenvalue weighted by atomic mass is 10.0. The second kappa shape index (κ2) is 4.14. The fraction of sp³-hybridized carbons (Fsp3) is 0.111. The van der Waals surface area contributed by atoms with Crippen molar-refractivity contribution in [1.82, 2.24) is 0 Å². The summed E-state index contributed by atoms with van der Waals surface area (Å²) < 4.78 is 0. The first-order valence-electron chi connectivity index (χ1n) is 3.78. The third-order valence-electron chi connectivity index (χ3n) is 1.74. The third-order valence-corrected chi connectivity index (χ3v) is 1.74. The standard InChI is InChI=1S/C9H6N2O3/c10-5-8(6-12)7-1-3-9(4-2-7)11(13)14/h1-4,6,8H. The number of nitrogens with zero attached hydrogens (tertiary/aromatic N) is 2. The van der Waals surface area contributed by atoms with Crippen LogP contribution in [0.25, 0.3) is 0 Å². The van der Waals surface area contributed by atoms with Crippen molar-refractivity contribution in [3.8, 4) is 6.07 Å². The first-order chi connectivity index (χ1) is 6.69. The zero-order valence-corrected chi connectivity index (χ0v) is 7.08. The highest BCUT2D eigenvalue weighted by atomic mass is 16.6. The van der Waals surface area contributed by atoms with Crippen LogP contribution in [0.4, 0.5) is 5.69 Å². The molecule has 1 aromatic carbocycles. The summed E-state index contributed by atoms with van der Waals surface area (Å²) in [6.45, 7) is 0. The quantitative estimate of drug-likeness (QED) is 0.409. The Kier molecular flexibility index (Phi) is 2.92. The Morgan fingerprint density at radius 3 is 2.36 bits per heavy atom. The first-order valence-corrected chi connectivity index (χ1v) is 3.78. The minimum Gasteiger partial charge on any atom is -0.302 e. The molecule has 0 aliphatic rings. The molecule has 0 aliphatic heterocycles. The molecule has 0 radical (unpaired) electrons. The lowest BCUT2D eigenvalue weighted by Crippen LogP contribution is -1.96. The molecule has 1 rings (SSSR count). The summed E-state index contributed by atoms with van der Waals surface area (Å²) >= 11 is 0. The number of benzene rings is 1. The number of non-ortho nitro benzene ring substituents is 1. The second-order valence-electron chi connectivity index (χ2n) is 2.59. The van der Waals surface area contributed by atoms with Gasteiger partial charge in [0.25, 0.3) is 5.69 Å². The van der Waals surface area contributed by atoms with Crippen molar-refractivity contribution in [3.05, 3.63) is 39.9 Å². The summed E-state index contributed by atoms with van der Waals surface area (Å²) in [6, 6.07) is 7.12. The molecule has 0 amide bonds. The van der Waals surface area contributed by atoms with Crippen molar-refractivity contribution in [2.24, 2.45) is 0 Å². The van der Waals surface area contributed by atoms with Crippen molar-refractivity contribution in [2.75, 3.05) is 0 Å². The van der Waals surface area contributed by atoms with Gasteiger partial charge in [0.1, 0.15) is 12.2 Å². The molecule has 1 unspecified atom stereocenters. The van der Waals surface area contributed by atoms with Crippen LogP contribution in [-0.4, -0.2) is 11.2 Å². The third kappa shape index (κ3) is 1.93. The Balaban J connectivity index is 2.99. The van der Waals surface area contributed by atoms with Crippen molar-refractivity contribution >= 4 is 12.0 Å². The van der Waals surface area contributed by atoms with E-state index < -0.39 is 10.8 Å². The number of hydrogen-bond acceptors (Lipinski definition) is 4. The van der Waals surface area contributed by atoms with Crippen LogP contribution >= 0.6 is 0 Å². The van der Waals surface area contributed by atoms with Gasteiger partial charge in [0.05, 0.1) is 11.0 Å². The molecule has 0 saturated carbocycles. The van der Waals surface area contributed by atoms with Crippen LogP contribution in [-0.2, 0) is 4.79 Å². The van der Waals surface area contributed by atoms with Crippen molar-refractivity contribution < 1.29 is 9.72 Å². The Hall–Kier alpha value is -2.22. The van der Waals surface area contributed by atoms with Gasteiger partial charge in [0, 0.05) is 12.1 Å². The van der Waals surface area contributed by atoms with E-state index in [9.17, 15) is 14.9 Å². The van der Waals surface area contributed by atoms with Crippen LogP contribution in [0.3, 0.4) is 0 Å². The lowest BCUT2D eigenvalue weighted by molar-refractivity contribution is -0.384. The van der Waals surface area contributed by atoms with Crippen molar-refractivity contribution in [3.63, 3.8) is 0 Å². The number of carbonyl (C=O) groups is 1. The molecule has 0 aromatic heterocycles. The lowest BCUT2D eigenvalue weighted by Gasteiger charge is -1.99. The molecule has 0 N–H and O–H groups in total. The van der Waals surface area contributed by atoms with Crippen LogP contribution in [0.5, 0.6) is 0 Å². The van der Waals surface area contributed by atoms with Gasteiger partial charge in [-0.05, 0) is 5.56 Å². The molecule has 5 heteroatoms. The molecule has 0 spiro atoms. The van der Waals surface area contributed by atoms with E-state index in [1.165, 1.54) is 24.3 Å². The van der Waals surface area contributed by atoms with E-state index in [1.54, 1.807) is 6.07 Å². The summed E-state index contributed by atoms with van der Waals surface area (Å²) in [5.74, 6) is -0.851. The summed E-state index contributed by atoms with van der Waals surface area (Å²) in [4.78, 5) is 20.2. The van der Waals surface area contributed by atoms with Gasteiger partial charge in [-0.15, -0.1) is 0 Å². The van der Waals surface area contributed by atoms with Crippen molar-refractivity contribution in [1.29, 1.82) is 5.26 Å².